The molecular weight excluding hydrogens is 208 g/mol. The second-order valence-electron chi connectivity index (χ2n) is 6.52. The standard InChI is InChI=1S/C15H30N2/c1-12-3-4-15(13(2)11-12)17-9-6-14(5-8-16)7-10-17/h12-15H,3-11,16H2,1-2H3. The Bertz CT molecular complexity index is 221. The second kappa shape index (κ2) is 6.19. The van der Waals surface area contributed by atoms with Crippen LogP contribution in [-0.2, 0) is 0 Å². The highest BCUT2D eigenvalue weighted by molar-refractivity contribution is 4.86. The molecular formula is C15H30N2. The van der Waals surface area contributed by atoms with Crippen LogP contribution in [0.1, 0.15) is 52.4 Å². The molecule has 3 atom stereocenters. The molecule has 0 amide bonds. The summed E-state index contributed by atoms with van der Waals surface area (Å²) in [6, 6.07) is 0.880. The third kappa shape index (κ3) is 3.45. The van der Waals surface area contributed by atoms with E-state index in [4.69, 9.17) is 5.73 Å². The number of piperidine rings is 1. The van der Waals surface area contributed by atoms with E-state index >= 15 is 0 Å². The average Bonchev–Trinajstić information content (AvgIpc) is 2.31. The van der Waals surface area contributed by atoms with Gasteiger partial charge in [-0.1, -0.05) is 13.8 Å². The third-order valence-corrected chi connectivity index (χ3v) is 5.08. The summed E-state index contributed by atoms with van der Waals surface area (Å²) in [6.45, 7) is 8.41. The normalized spacial score (nSPS) is 37.2. The largest absolute Gasteiger partial charge is 0.330 e. The Hall–Kier alpha value is -0.0800. The number of nitrogens with two attached hydrogens (primary N) is 1. The molecule has 1 heterocycles. The number of nitrogens with zero attached hydrogens (tertiary/aromatic N) is 1. The lowest BCUT2D eigenvalue weighted by atomic mass is 9.78. The van der Waals surface area contributed by atoms with Gasteiger partial charge in [0.05, 0.1) is 0 Å². The van der Waals surface area contributed by atoms with Crippen LogP contribution in [0.15, 0.2) is 0 Å². The molecule has 2 fully saturated rings. The summed E-state index contributed by atoms with van der Waals surface area (Å²) < 4.78 is 0. The van der Waals surface area contributed by atoms with Crippen molar-refractivity contribution >= 4 is 0 Å². The van der Waals surface area contributed by atoms with E-state index in [1.165, 1.54) is 51.6 Å². The molecule has 0 spiro atoms. The molecule has 0 aromatic carbocycles. The predicted octanol–water partition coefficient (Wildman–Crippen LogP) is 2.87. The van der Waals surface area contributed by atoms with Gasteiger partial charge in [-0.15, -0.1) is 0 Å². The van der Waals surface area contributed by atoms with Gasteiger partial charge in [0.2, 0.25) is 0 Å². The van der Waals surface area contributed by atoms with Crippen LogP contribution in [0.25, 0.3) is 0 Å². The van der Waals surface area contributed by atoms with Gasteiger partial charge < -0.3 is 10.6 Å². The van der Waals surface area contributed by atoms with E-state index in [2.05, 4.69) is 18.7 Å². The molecule has 1 aliphatic heterocycles. The molecule has 1 aliphatic carbocycles. The van der Waals surface area contributed by atoms with Gasteiger partial charge in [0.1, 0.15) is 0 Å². The van der Waals surface area contributed by atoms with E-state index in [1.54, 1.807) is 0 Å². The van der Waals surface area contributed by atoms with Gasteiger partial charge in [-0.05, 0) is 75.9 Å². The first-order valence-corrected chi connectivity index (χ1v) is 7.64. The highest BCUT2D eigenvalue weighted by Crippen LogP contribution is 2.34. The van der Waals surface area contributed by atoms with Crippen LogP contribution in [0.2, 0.25) is 0 Å². The fourth-order valence-corrected chi connectivity index (χ4v) is 4.00. The van der Waals surface area contributed by atoms with Crippen LogP contribution in [0, 0.1) is 17.8 Å². The Balaban J connectivity index is 1.80. The predicted molar refractivity (Wildman–Crippen MR) is 73.9 cm³/mol. The van der Waals surface area contributed by atoms with Crippen molar-refractivity contribution in [2.75, 3.05) is 19.6 Å². The Morgan fingerprint density at radius 1 is 1.06 bits per heavy atom. The smallest absolute Gasteiger partial charge is 0.0121 e. The van der Waals surface area contributed by atoms with Crippen LogP contribution in [0.5, 0.6) is 0 Å². The fraction of sp³-hybridized carbons (Fsp3) is 1.00. The Morgan fingerprint density at radius 3 is 2.35 bits per heavy atom. The number of rotatable bonds is 3. The number of hydrogen-bond donors (Lipinski definition) is 1. The molecule has 2 nitrogen and oxygen atoms in total. The van der Waals surface area contributed by atoms with E-state index in [0.717, 1.165) is 30.3 Å². The molecule has 0 aromatic rings. The van der Waals surface area contributed by atoms with Crippen LogP contribution in [-0.4, -0.2) is 30.6 Å². The van der Waals surface area contributed by atoms with Crippen molar-refractivity contribution in [3.8, 4) is 0 Å². The first-order chi connectivity index (χ1) is 8.20. The molecule has 2 aliphatic rings. The zero-order valence-electron chi connectivity index (χ0n) is 11.7. The molecule has 1 saturated heterocycles. The van der Waals surface area contributed by atoms with Crippen molar-refractivity contribution in [3.05, 3.63) is 0 Å². The van der Waals surface area contributed by atoms with Crippen LogP contribution in [0.3, 0.4) is 0 Å². The summed E-state index contributed by atoms with van der Waals surface area (Å²) in [5.41, 5.74) is 5.66. The topological polar surface area (TPSA) is 29.3 Å². The van der Waals surface area contributed by atoms with Crippen molar-refractivity contribution in [3.63, 3.8) is 0 Å². The maximum absolute atomic E-state index is 5.66. The lowest BCUT2D eigenvalue weighted by Crippen LogP contribution is -2.46. The van der Waals surface area contributed by atoms with E-state index in [1.807, 2.05) is 0 Å². The zero-order chi connectivity index (χ0) is 12.3. The Kier molecular flexibility index (Phi) is 4.87. The highest BCUT2D eigenvalue weighted by atomic mass is 15.2. The summed E-state index contributed by atoms with van der Waals surface area (Å²) in [7, 11) is 0. The molecule has 3 unspecified atom stereocenters. The molecule has 2 heteroatoms. The zero-order valence-corrected chi connectivity index (χ0v) is 11.7. The number of hydrogen-bond acceptors (Lipinski definition) is 2. The van der Waals surface area contributed by atoms with Crippen LogP contribution >= 0.6 is 0 Å². The van der Waals surface area contributed by atoms with E-state index < -0.39 is 0 Å². The van der Waals surface area contributed by atoms with Gasteiger partial charge >= 0.3 is 0 Å². The molecule has 1 saturated carbocycles. The van der Waals surface area contributed by atoms with Crippen molar-refractivity contribution in [1.82, 2.24) is 4.90 Å². The summed E-state index contributed by atoms with van der Waals surface area (Å²) in [5, 5.41) is 0. The maximum Gasteiger partial charge on any atom is 0.0121 e. The fourth-order valence-electron chi connectivity index (χ4n) is 4.00. The molecule has 100 valence electrons. The lowest BCUT2D eigenvalue weighted by Gasteiger charge is -2.43. The quantitative estimate of drug-likeness (QED) is 0.819. The van der Waals surface area contributed by atoms with Crippen LogP contribution < -0.4 is 5.73 Å². The minimum atomic E-state index is 0.877. The highest BCUT2D eigenvalue weighted by Gasteiger charge is 2.31. The second-order valence-corrected chi connectivity index (χ2v) is 6.52. The van der Waals surface area contributed by atoms with E-state index in [0.29, 0.717) is 0 Å². The van der Waals surface area contributed by atoms with Gasteiger partial charge in [-0.3, -0.25) is 0 Å². The van der Waals surface area contributed by atoms with E-state index in [-0.39, 0.29) is 0 Å². The summed E-state index contributed by atoms with van der Waals surface area (Å²) >= 11 is 0. The molecule has 17 heavy (non-hydrogen) atoms. The van der Waals surface area contributed by atoms with Crippen molar-refractivity contribution in [1.29, 1.82) is 0 Å². The Labute approximate surface area is 107 Å². The maximum atomic E-state index is 5.66. The van der Waals surface area contributed by atoms with Crippen LogP contribution in [0.4, 0.5) is 0 Å². The molecule has 0 radical (unpaired) electrons. The molecule has 2 rings (SSSR count). The van der Waals surface area contributed by atoms with Gasteiger partial charge in [-0.25, -0.2) is 0 Å². The first kappa shape index (κ1) is 13.4. The van der Waals surface area contributed by atoms with Crippen molar-refractivity contribution < 1.29 is 0 Å². The Morgan fingerprint density at radius 2 is 1.76 bits per heavy atom. The summed E-state index contributed by atoms with van der Waals surface area (Å²) in [6.07, 6.45) is 8.33. The molecule has 2 N–H and O–H groups in total. The van der Waals surface area contributed by atoms with Gasteiger partial charge in [0.15, 0.2) is 0 Å². The van der Waals surface area contributed by atoms with Gasteiger partial charge in [0.25, 0.3) is 0 Å². The SMILES string of the molecule is CC1CCC(N2CCC(CCN)CC2)C(C)C1. The van der Waals surface area contributed by atoms with Crippen molar-refractivity contribution in [2.24, 2.45) is 23.5 Å². The van der Waals surface area contributed by atoms with Gasteiger partial charge in [-0.2, -0.15) is 0 Å². The summed E-state index contributed by atoms with van der Waals surface area (Å²) in [5.74, 6) is 2.77. The molecule has 0 bridgehead atoms. The first-order valence-electron chi connectivity index (χ1n) is 7.64. The molecule has 0 aromatic heterocycles. The minimum absolute atomic E-state index is 0.877. The van der Waals surface area contributed by atoms with Crippen molar-refractivity contribution in [2.45, 2.75) is 58.4 Å². The lowest BCUT2D eigenvalue weighted by molar-refractivity contribution is 0.0608. The average molecular weight is 238 g/mol. The third-order valence-electron chi connectivity index (χ3n) is 5.08. The minimum Gasteiger partial charge on any atom is -0.330 e. The van der Waals surface area contributed by atoms with E-state index in [9.17, 15) is 0 Å². The number of likely N-dealkylation sites (tertiary alicyclic amines) is 1. The monoisotopic (exact) mass is 238 g/mol. The summed E-state index contributed by atoms with van der Waals surface area (Å²) in [4.78, 5) is 2.78. The van der Waals surface area contributed by atoms with Gasteiger partial charge in [0, 0.05) is 6.04 Å².